The van der Waals surface area contributed by atoms with Crippen molar-refractivity contribution in [2.75, 3.05) is 6.54 Å². The quantitative estimate of drug-likeness (QED) is 0.830. The Morgan fingerprint density at radius 3 is 2.79 bits per heavy atom. The molecule has 0 spiro atoms. The lowest BCUT2D eigenvalue weighted by atomic mass is 9.94. The lowest BCUT2D eigenvalue weighted by Gasteiger charge is -2.22. The van der Waals surface area contributed by atoms with E-state index < -0.39 is 0 Å². The molecule has 2 rings (SSSR count). The van der Waals surface area contributed by atoms with Crippen LogP contribution in [0.3, 0.4) is 0 Å². The van der Waals surface area contributed by atoms with Crippen LogP contribution < -0.4 is 5.32 Å². The molecule has 0 radical (unpaired) electrons. The molecule has 1 N–H and O–H groups in total. The topological polar surface area (TPSA) is 51.0 Å². The Kier molecular flexibility index (Phi) is 5.37. The van der Waals surface area contributed by atoms with Crippen LogP contribution in [0.15, 0.2) is 4.52 Å². The second kappa shape index (κ2) is 7.04. The van der Waals surface area contributed by atoms with E-state index in [0.29, 0.717) is 17.9 Å². The van der Waals surface area contributed by atoms with Crippen LogP contribution in [-0.2, 0) is 6.42 Å². The minimum atomic E-state index is 0.399. The van der Waals surface area contributed by atoms with E-state index in [1.165, 1.54) is 32.1 Å². The minimum Gasteiger partial charge on any atom is -0.339 e. The van der Waals surface area contributed by atoms with Crippen molar-refractivity contribution in [3.05, 3.63) is 11.7 Å². The predicted octanol–water partition coefficient (Wildman–Crippen LogP) is 3.29. The first-order valence-electron chi connectivity index (χ1n) is 7.76. The lowest BCUT2D eigenvalue weighted by Crippen LogP contribution is -2.34. The first-order chi connectivity index (χ1) is 9.20. The summed E-state index contributed by atoms with van der Waals surface area (Å²) in [4.78, 5) is 4.63. The molecular weight excluding hydrogens is 238 g/mol. The van der Waals surface area contributed by atoms with Crippen molar-refractivity contribution in [3.8, 4) is 0 Å². The molecule has 1 aliphatic carbocycles. The van der Waals surface area contributed by atoms with Gasteiger partial charge in [0.1, 0.15) is 0 Å². The van der Waals surface area contributed by atoms with Gasteiger partial charge in [0.15, 0.2) is 5.82 Å². The maximum absolute atomic E-state index is 5.54. The van der Waals surface area contributed by atoms with Gasteiger partial charge in [-0.2, -0.15) is 4.98 Å². The van der Waals surface area contributed by atoms with Crippen LogP contribution in [-0.4, -0.2) is 22.7 Å². The number of aromatic nitrogens is 2. The Bertz CT molecular complexity index is 375. The largest absolute Gasteiger partial charge is 0.339 e. The summed E-state index contributed by atoms with van der Waals surface area (Å²) >= 11 is 0. The predicted molar refractivity (Wildman–Crippen MR) is 76.1 cm³/mol. The Morgan fingerprint density at radius 2 is 2.05 bits per heavy atom. The van der Waals surface area contributed by atoms with Gasteiger partial charge in [-0.05, 0) is 25.3 Å². The number of rotatable bonds is 5. The fraction of sp³-hybridized carbons (Fsp3) is 0.867. The van der Waals surface area contributed by atoms with Crippen LogP contribution in [0.5, 0.6) is 0 Å². The van der Waals surface area contributed by atoms with E-state index in [4.69, 9.17) is 4.52 Å². The molecule has 19 heavy (non-hydrogen) atoms. The van der Waals surface area contributed by atoms with Crippen LogP contribution in [0, 0.1) is 5.92 Å². The van der Waals surface area contributed by atoms with Gasteiger partial charge in [-0.15, -0.1) is 0 Å². The second-order valence-corrected chi connectivity index (χ2v) is 6.06. The van der Waals surface area contributed by atoms with E-state index in [2.05, 4.69) is 36.2 Å². The molecule has 2 atom stereocenters. The van der Waals surface area contributed by atoms with Crippen molar-refractivity contribution in [3.63, 3.8) is 0 Å². The number of nitrogens with one attached hydrogen (secondary N) is 1. The van der Waals surface area contributed by atoms with Crippen LogP contribution in [0.4, 0.5) is 0 Å². The summed E-state index contributed by atoms with van der Waals surface area (Å²) in [7, 11) is 0. The van der Waals surface area contributed by atoms with Gasteiger partial charge >= 0.3 is 0 Å². The first-order valence-corrected chi connectivity index (χ1v) is 7.76. The first kappa shape index (κ1) is 14.5. The van der Waals surface area contributed by atoms with Crippen LogP contribution in [0.1, 0.15) is 70.5 Å². The molecule has 0 saturated heterocycles. The van der Waals surface area contributed by atoms with E-state index in [1.54, 1.807) is 0 Å². The number of likely N-dealkylation sites (N-methyl/N-ethyl adjacent to an activating group) is 1. The Balaban J connectivity index is 2.09. The van der Waals surface area contributed by atoms with Crippen molar-refractivity contribution >= 4 is 0 Å². The molecule has 0 bridgehead atoms. The summed E-state index contributed by atoms with van der Waals surface area (Å²) in [6.07, 6.45) is 7.20. The molecule has 1 fully saturated rings. The molecule has 108 valence electrons. The van der Waals surface area contributed by atoms with Crippen molar-refractivity contribution < 1.29 is 4.52 Å². The summed E-state index contributed by atoms with van der Waals surface area (Å²) in [5, 5.41) is 7.74. The monoisotopic (exact) mass is 265 g/mol. The standard InChI is InChI=1S/C15H27N3O/c1-4-16-13-9-7-5-6-8-12(13)15-17-14(18-19-15)10-11(2)3/h11-13,16H,4-10H2,1-3H3. The van der Waals surface area contributed by atoms with Crippen LogP contribution in [0.2, 0.25) is 0 Å². The van der Waals surface area contributed by atoms with Crippen molar-refractivity contribution in [2.45, 2.75) is 71.3 Å². The van der Waals surface area contributed by atoms with Crippen molar-refractivity contribution in [1.82, 2.24) is 15.5 Å². The zero-order valence-corrected chi connectivity index (χ0v) is 12.5. The minimum absolute atomic E-state index is 0.399. The summed E-state index contributed by atoms with van der Waals surface area (Å²) in [6, 6.07) is 0.500. The van der Waals surface area contributed by atoms with E-state index in [1.807, 2.05) is 0 Å². The highest BCUT2D eigenvalue weighted by Gasteiger charge is 2.29. The van der Waals surface area contributed by atoms with E-state index >= 15 is 0 Å². The Hall–Kier alpha value is -0.900. The molecule has 4 heteroatoms. The van der Waals surface area contributed by atoms with Gasteiger partial charge in [-0.1, -0.05) is 45.2 Å². The second-order valence-electron chi connectivity index (χ2n) is 6.06. The highest BCUT2D eigenvalue weighted by Crippen LogP contribution is 2.31. The van der Waals surface area contributed by atoms with Gasteiger partial charge in [-0.3, -0.25) is 0 Å². The Morgan fingerprint density at radius 1 is 1.26 bits per heavy atom. The molecule has 4 nitrogen and oxygen atoms in total. The lowest BCUT2D eigenvalue weighted by molar-refractivity contribution is 0.303. The third-order valence-corrected chi connectivity index (χ3v) is 3.87. The van der Waals surface area contributed by atoms with Crippen molar-refractivity contribution in [1.29, 1.82) is 0 Å². The van der Waals surface area contributed by atoms with E-state index in [9.17, 15) is 0 Å². The smallest absolute Gasteiger partial charge is 0.231 e. The molecule has 1 saturated carbocycles. The molecule has 0 amide bonds. The SMILES string of the molecule is CCNC1CCCCCC1c1nc(CC(C)C)no1. The van der Waals surface area contributed by atoms with E-state index in [-0.39, 0.29) is 0 Å². The van der Waals surface area contributed by atoms with Gasteiger partial charge in [0, 0.05) is 12.5 Å². The summed E-state index contributed by atoms with van der Waals surface area (Å²) in [6.45, 7) is 7.54. The molecule has 1 aliphatic rings. The molecule has 1 heterocycles. The molecule has 1 aromatic heterocycles. The van der Waals surface area contributed by atoms with Gasteiger partial charge in [0.05, 0.1) is 5.92 Å². The molecule has 0 aromatic carbocycles. The maximum Gasteiger partial charge on any atom is 0.231 e. The highest BCUT2D eigenvalue weighted by atomic mass is 16.5. The molecule has 2 unspecified atom stereocenters. The third-order valence-electron chi connectivity index (χ3n) is 3.87. The van der Waals surface area contributed by atoms with E-state index in [0.717, 1.165) is 24.7 Å². The van der Waals surface area contributed by atoms with Gasteiger partial charge in [0.25, 0.3) is 0 Å². The summed E-state index contributed by atoms with van der Waals surface area (Å²) in [5.74, 6) is 2.69. The fourth-order valence-electron chi connectivity index (χ4n) is 2.98. The van der Waals surface area contributed by atoms with Gasteiger partial charge in [-0.25, -0.2) is 0 Å². The summed E-state index contributed by atoms with van der Waals surface area (Å²) < 4.78 is 5.54. The zero-order chi connectivity index (χ0) is 13.7. The molecule has 0 aliphatic heterocycles. The normalized spacial score (nSPS) is 24.6. The van der Waals surface area contributed by atoms with Gasteiger partial charge in [0.2, 0.25) is 5.89 Å². The molecule has 1 aromatic rings. The number of nitrogens with zero attached hydrogens (tertiary/aromatic N) is 2. The third kappa shape index (κ3) is 4.03. The number of hydrogen-bond acceptors (Lipinski definition) is 4. The van der Waals surface area contributed by atoms with Crippen molar-refractivity contribution in [2.24, 2.45) is 5.92 Å². The maximum atomic E-state index is 5.54. The Labute approximate surface area is 116 Å². The van der Waals surface area contributed by atoms with Crippen LogP contribution >= 0.6 is 0 Å². The van der Waals surface area contributed by atoms with Crippen LogP contribution in [0.25, 0.3) is 0 Å². The fourth-order valence-corrected chi connectivity index (χ4v) is 2.98. The molecular formula is C15H27N3O. The average Bonchev–Trinajstić information content (AvgIpc) is 2.68. The average molecular weight is 265 g/mol. The summed E-state index contributed by atoms with van der Waals surface area (Å²) in [5.41, 5.74) is 0. The number of hydrogen-bond donors (Lipinski definition) is 1. The zero-order valence-electron chi connectivity index (χ0n) is 12.5. The highest BCUT2D eigenvalue weighted by molar-refractivity contribution is 5.01. The van der Waals surface area contributed by atoms with Gasteiger partial charge < -0.3 is 9.84 Å².